The first-order valence-corrected chi connectivity index (χ1v) is 11.3. The normalized spacial score (nSPS) is 13.3. The fourth-order valence-corrected chi connectivity index (χ4v) is 3.75. The maximum absolute atomic E-state index is 13.3. The first kappa shape index (κ1) is 26.9. The number of amides is 4. The highest BCUT2D eigenvalue weighted by atomic mass is 16.4. The Balaban J connectivity index is 1.83. The monoisotopic (exact) mass is 512 g/mol. The number of rotatable bonds is 13. The molecule has 4 amide bonds. The zero-order chi connectivity index (χ0) is 26.9. The van der Waals surface area contributed by atoms with Gasteiger partial charge in [0.15, 0.2) is 0 Å². The van der Waals surface area contributed by atoms with Gasteiger partial charge in [-0.3, -0.25) is 19.2 Å². The van der Waals surface area contributed by atoms with Crippen molar-refractivity contribution in [2.45, 2.75) is 37.4 Å². The molecule has 2 aromatic heterocycles. The number of primary amides is 1. The fraction of sp³-hybridized carbons (Fsp3) is 0.304. The summed E-state index contributed by atoms with van der Waals surface area (Å²) < 4.78 is 0. The van der Waals surface area contributed by atoms with Gasteiger partial charge in [0, 0.05) is 41.8 Å². The minimum Gasteiger partial charge on any atom is -0.480 e. The lowest BCUT2D eigenvalue weighted by atomic mass is 10.0. The number of benzene rings is 1. The number of para-hydroxylation sites is 1. The van der Waals surface area contributed by atoms with Crippen molar-refractivity contribution in [1.82, 2.24) is 30.9 Å². The Morgan fingerprint density at radius 3 is 2.24 bits per heavy atom. The Morgan fingerprint density at radius 2 is 1.62 bits per heavy atom. The minimum atomic E-state index is -1.59. The maximum Gasteiger partial charge on any atom is 0.326 e. The van der Waals surface area contributed by atoms with Gasteiger partial charge in [0.25, 0.3) is 0 Å². The molecule has 0 spiro atoms. The van der Waals surface area contributed by atoms with Crippen molar-refractivity contribution in [2.24, 2.45) is 11.5 Å². The van der Waals surface area contributed by atoms with Crippen LogP contribution in [0.2, 0.25) is 0 Å². The Hall–Kier alpha value is -4.72. The van der Waals surface area contributed by atoms with Gasteiger partial charge >= 0.3 is 5.97 Å². The van der Waals surface area contributed by atoms with E-state index in [0.29, 0.717) is 5.69 Å². The molecule has 2 heterocycles. The molecule has 3 atom stereocenters. The Bertz CT molecular complexity index is 1270. The molecule has 37 heavy (non-hydrogen) atoms. The second-order valence-electron chi connectivity index (χ2n) is 8.30. The van der Waals surface area contributed by atoms with Gasteiger partial charge in [-0.25, -0.2) is 9.78 Å². The molecule has 0 saturated heterocycles. The van der Waals surface area contributed by atoms with Crippen LogP contribution in [0.3, 0.4) is 0 Å². The number of nitrogens with one attached hydrogen (secondary N) is 5. The highest BCUT2D eigenvalue weighted by Crippen LogP contribution is 2.19. The van der Waals surface area contributed by atoms with E-state index in [-0.39, 0.29) is 19.4 Å². The third-order valence-electron chi connectivity index (χ3n) is 5.57. The van der Waals surface area contributed by atoms with E-state index in [1.165, 1.54) is 12.5 Å². The topological polar surface area (TPSA) is 238 Å². The van der Waals surface area contributed by atoms with E-state index in [1.54, 1.807) is 6.20 Å². The molecule has 0 radical (unpaired) electrons. The van der Waals surface area contributed by atoms with E-state index in [0.717, 1.165) is 16.5 Å². The lowest BCUT2D eigenvalue weighted by Crippen LogP contribution is -2.57. The van der Waals surface area contributed by atoms with Crippen molar-refractivity contribution in [1.29, 1.82) is 0 Å². The molecule has 14 heteroatoms. The fourth-order valence-electron chi connectivity index (χ4n) is 3.75. The van der Waals surface area contributed by atoms with Gasteiger partial charge in [0.05, 0.1) is 19.3 Å². The third-order valence-corrected chi connectivity index (χ3v) is 5.57. The molecule has 10 N–H and O–H groups in total. The van der Waals surface area contributed by atoms with Crippen molar-refractivity contribution < 1.29 is 29.1 Å². The second-order valence-corrected chi connectivity index (χ2v) is 8.30. The van der Waals surface area contributed by atoms with Crippen molar-refractivity contribution in [3.05, 3.63) is 54.2 Å². The Morgan fingerprint density at radius 1 is 0.946 bits per heavy atom. The molecule has 3 rings (SSSR count). The molecule has 0 aliphatic heterocycles. The number of carbonyl (C=O) groups excluding carboxylic acids is 4. The number of imidazole rings is 1. The zero-order valence-corrected chi connectivity index (χ0v) is 19.7. The van der Waals surface area contributed by atoms with Crippen LogP contribution in [0.25, 0.3) is 10.9 Å². The first-order chi connectivity index (χ1) is 17.7. The van der Waals surface area contributed by atoms with Crippen LogP contribution in [0.1, 0.15) is 17.7 Å². The number of nitrogens with zero attached hydrogens (tertiary/aromatic N) is 1. The zero-order valence-electron chi connectivity index (χ0n) is 19.7. The summed E-state index contributed by atoms with van der Waals surface area (Å²) in [4.78, 5) is 70.9. The van der Waals surface area contributed by atoms with Crippen LogP contribution in [-0.4, -0.2) is 74.3 Å². The number of carbonyl (C=O) groups is 5. The van der Waals surface area contributed by atoms with Crippen LogP contribution in [0, 0.1) is 0 Å². The number of fused-ring (bicyclic) bond motifs is 1. The van der Waals surface area contributed by atoms with Gasteiger partial charge in [-0.05, 0) is 11.6 Å². The molecule has 1 aromatic carbocycles. The van der Waals surface area contributed by atoms with E-state index in [2.05, 4.69) is 30.9 Å². The van der Waals surface area contributed by atoms with Crippen LogP contribution >= 0.6 is 0 Å². The summed E-state index contributed by atoms with van der Waals surface area (Å²) in [7, 11) is 0. The van der Waals surface area contributed by atoms with Crippen LogP contribution in [-0.2, 0) is 36.8 Å². The lowest BCUT2D eigenvalue weighted by Gasteiger charge is -2.24. The molecule has 14 nitrogen and oxygen atoms in total. The van der Waals surface area contributed by atoms with Gasteiger partial charge in [0.2, 0.25) is 23.6 Å². The third kappa shape index (κ3) is 7.38. The average molecular weight is 513 g/mol. The quantitative estimate of drug-likeness (QED) is 0.128. The van der Waals surface area contributed by atoms with E-state index < -0.39 is 54.1 Å². The first-order valence-electron chi connectivity index (χ1n) is 11.3. The largest absolute Gasteiger partial charge is 0.480 e. The van der Waals surface area contributed by atoms with Crippen LogP contribution < -0.4 is 27.4 Å². The molecule has 196 valence electrons. The highest BCUT2D eigenvalue weighted by Gasteiger charge is 2.31. The number of nitrogens with two attached hydrogens (primary N) is 2. The van der Waals surface area contributed by atoms with Crippen molar-refractivity contribution >= 4 is 40.5 Å². The lowest BCUT2D eigenvalue weighted by molar-refractivity contribution is -0.143. The summed E-state index contributed by atoms with van der Waals surface area (Å²) in [6.45, 7) is -0.358. The standard InChI is InChI=1S/C23H28N8O6/c24-8-20(33)29-16(5-12-9-27-15-4-2-1-3-14(12)15)21(34)30-17(6-13-10-26-11-28-13)22(35)31-18(23(36)37)7-19(25)32/h1-4,9-11,16-18,27H,5-8,24H2,(H2,25,32)(H,26,28)(H,29,33)(H,30,34)(H,31,35)(H,36,37). The summed E-state index contributed by atoms with van der Waals surface area (Å²) in [6.07, 6.45) is 3.90. The number of carboxylic acid groups (broad SMARTS) is 1. The van der Waals surface area contributed by atoms with Crippen molar-refractivity contribution in [3.63, 3.8) is 0 Å². The number of hydrogen-bond donors (Lipinski definition) is 8. The van der Waals surface area contributed by atoms with Crippen LogP contribution in [0.4, 0.5) is 0 Å². The van der Waals surface area contributed by atoms with Crippen LogP contribution in [0.15, 0.2) is 43.0 Å². The molecular formula is C23H28N8O6. The molecule has 3 aromatic rings. The van der Waals surface area contributed by atoms with Gasteiger partial charge < -0.3 is 42.5 Å². The number of hydrogen-bond acceptors (Lipinski definition) is 7. The number of carboxylic acids is 1. The number of H-pyrrole nitrogens is 2. The minimum absolute atomic E-state index is 0.0782. The van der Waals surface area contributed by atoms with Gasteiger partial charge in [-0.1, -0.05) is 18.2 Å². The molecule has 0 aliphatic carbocycles. The Labute approximate surface area is 210 Å². The summed E-state index contributed by atoms with van der Waals surface area (Å²) in [5.74, 6) is -4.54. The van der Waals surface area contributed by atoms with E-state index >= 15 is 0 Å². The molecule has 0 saturated carbocycles. The van der Waals surface area contributed by atoms with Crippen LogP contribution in [0.5, 0.6) is 0 Å². The number of aromatic amines is 2. The van der Waals surface area contributed by atoms with Gasteiger partial charge in [-0.2, -0.15) is 0 Å². The number of aliphatic carboxylic acids is 1. The molecule has 3 unspecified atom stereocenters. The van der Waals surface area contributed by atoms with Gasteiger partial charge in [-0.15, -0.1) is 0 Å². The second kappa shape index (κ2) is 12.3. The van der Waals surface area contributed by atoms with Crippen molar-refractivity contribution in [2.75, 3.05) is 6.54 Å². The maximum atomic E-state index is 13.3. The highest BCUT2D eigenvalue weighted by molar-refractivity contribution is 5.95. The van der Waals surface area contributed by atoms with Crippen molar-refractivity contribution in [3.8, 4) is 0 Å². The van der Waals surface area contributed by atoms with E-state index in [4.69, 9.17) is 11.5 Å². The summed E-state index contributed by atoms with van der Waals surface area (Å²) in [5, 5.41) is 17.6. The Kier molecular flexibility index (Phi) is 8.94. The summed E-state index contributed by atoms with van der Waals surface area (Å²) >= 11 is 0. The summed E-state index contributed by atoms with van der Waals surface area (Å²) in [5.41, 5.74) is 12.6. The SMILES string of the molecule is NCC(=O)NC(Cc1c[nH]c2ccccc12)C(=O)NC(Cc1cnc[nH]1)C(=O)NC(CC(N)=O)C(=O)O. The average Bonchev–Trinajstić information content (AvgIpc) is 3.52. The molecule has 0 bridgehead atoms. The number of aromatic nitrogens is 3. The van der Waals surface area contributed by atoms with E-state index in [9.17, 15) is 29.1 Å². The predicted octanol–water partition coefficient (Wildman–Crippen LogP) is -1.95. The molecule has 0 aliphatic rings. The predicted molar refractivity (Wildman–Crippen MR) is 131 cm³/mol. The molecule has 0 fully saturated rings. The van der Waals surface area contributed by atoms with Gasteiger partial charge in [0.1, 0.15) is 18.1 Å². The summed E-state index contributed by atoms with van der Waals surface area (Å²) in [6, 6.07) is 3.44. The van der Waals surface area contributed by atoms with E-state index in [1.807, 2.05) is 24.3 Å². The smallest absolute Gasteiger partial charge is 0.326 e. The molecular weight excluding hydrogens is 484 g/mol.